The van der Waals surface area contributed by atoms with E-state index in [4.69, 9.17) is 23.2 Å². The number of rotatable bonds is 0. The van der Waals surface area contributed by atoms with Crippen molar-refractivity contribution in [2.24, 2.45) is 5.92 Å². The van der Waals surface area contributed by atoms with Crippen LogP contribution in [0.25, 0.3) is 0 Å². The molecule has 1 rings (SSSR count). The summed E-state index contributed by atoms with van der Waals surface area (Å²) in [4.78, 5) is 0. The highest BCUT2D eigenvalue weighted by Crippen LogP contribution is 2.29. The van der Waals surface area contributed by atoms with Crippen LogP contribution in [0.3, 0.4) is 0 Å². The first-order valence-electron chi connectivity index (χ1n) is 3.98. The van der Waals surface area contributed by atoms with Crippen LogP contribution in [0, 0.1) is 5.92 Å². The number of hydrogen-bond acceptors (Lipinski definition) is 0. The van der Waals surface area contributed by atoms with Crippen molar-refractivity contribution in [1.82, 2.24) is 0 Å². The quantitative estimate of drug-likeness (QED) is 0.396. The molecular weight excluding hydrogens is 167 g/mol. The van der Waals surface area contributed by atoms with E-state index < -0.39 is 0 Å². The zero-order valence-corrected chi connectivity index (χ0v) is 7.83. The summed E-state index contributed by atoms with van der Waals surface area (Å²) in [6.45, 7) is 2.19. The van der Waals surface area contributed by atoms with Gasteiger partial charge in [-0.05, 0) is 25.2 Å². The fourth-order valence-electron chi connectivity index (χ4n) is 1.49. The van der Waals surface area contributed by atoms with E-state index in [1.165, 1.54) is 6.42 Å². The Hall–Kier alpha value is 0.580. The number of alkyl halides is 2. The van der Waals surface area contributed by atoms with Crippen LogP contribution in [0.4, 0.5) is 0 Å². The Morgan fingerprint density at radius 1 is 1.20 bits per heavy atom. The van der Waals surface area contributed by atoms with E-state index in [9.17, 15) is 0 Å². The molecule has 1 aliphatic carbocycles. The summed E-state index contributed by atoms with van der Waals surface area (Å²) < 4.78 is 0. The number of hydrogen-bond donors (Lipinski definition) is 0. The van der Waals surface area contributed by atoms with Crippen molar-refractivity contribution in [3.63, 3.8) is 0 Å². The van der Waals surface area contributed by atoms with Gasteiger partial charge in [0, 0.05) is 10.8 Å². The molecule has 0 bridgehead atoms. The van der Waals surface area contributed by atoms with Crippen molar-refractivity contribution < 1.29 is 0 Å². The minimum absolute atomic E-state index is 0.365. The highest BCUT2D eigenvalue weighted by Gasteiger charge is 2.21. The van der Waals surface area contributed by atoms with Crippen molar-refractivity contribution >= 4 is 23.2 Å². The normalized spacial score (nSPS) is 42.9. The van der Waals surface area contributed by atoms with Gasteiger partial charge in [0.15, 0.2) is 0 Å². The van der Waals surface area contributed by atoms with Gasteiger partial charge in [-0.15, -0.1) is 23.2 Å². The molecule has 60 valence electrons. The Labute approximate surface area is 72.9 Å². The van der Waals surface area contributed by atoms with Crippen LogP contribution in [0.15, 0.2) is 0 Å². The van der Waals surface area contributed by atoms with Crippen LogP contribution >= 0.6 is 23.2 Å². The van der Waals surface area contributed by atoms with Crippen molar-refractivity contribution in [2.45, 2.75) is 43.4 Å². The predicted molar refractivity (Wildman–Crippen MR) is 46.9 cm³/mol. The summed E-state index contributed by atoms with van der Waals surface area (Å²) >= 11 is 12.1. The maximum Gasteiger partial charge on any atom is 0.0362 e. The molecule has 0 amide bonds. The molecule has 0 aromatic carbocycles. The van der Waals surface area contributed by atoms with Crippen LogP contribution in [0.1, 0.15) is 32.6 Å². The summed E-state index contributed by atoms with van der Waals surface area (Å²) in [5.74, 6) is 0.603. The molecule has 3 atom stereocenters. The monoisotopic (exact) mass is 180 g/mol. The molecule has 1 fully saturated rings. The largest absolute Gasteiger partial charge is 0.123 e. The van der Waals surface area contributed by atoms with Gasteiger partial charge < -0.3 is 0 Å². The summed E-state index contributed by atoms with van der Waals surface area (Å²) in [5, 5.41) is 0.738. The average Bonchev–Trinajstić information content (AvgIpc) is 1.96. The maximum absolute atomic E-state index is 6.08. The van der Waals surface area contributed by atoms with Gasteiger partial charge in [-0.1, -0.05) is 13.3 Å². The Bertz CT molecular complexity index is 103. The molecule has 0 aliphatic heterocycles. The van der Waals surface area contributed by atoms with Gasteiger partial charge in [-0.3, -0.25) is 0 Å². The third kappa shape index (κ3) is 2.32. The standard InChI is InChI=1S/C8H14Cl2/c1-6-5-7(9)3-2-4-8(6)10/h6-8H,2-5H2,1H3. The molecule has 0 spiro atoms. The summed E-state index contributed by atoms with van der Waals surface area (Å²) in [6.07, 6.45) is 4.59. The molecule has 1 saturated carbocycles. The van der Waals surface area contributed by atoms with E-state index in [0.717, 1.165) is 19.3 Å². The average molecular weight is 181 g/mol. The Kier molecular flexibility index (Phi) is 3.32. The van der Waals surface area contributed by atoms with Gasteiger partial charge in [-0.2, -0.15) is 0 Å². The topological polar surface area (TPSA) is 0 Å². The highest BCUT2D eigenvalue weighted by atomic mass is 35.5. The van der Waals surface area contributed by atoms with Gasteiger partial charge in [-0.25, -0.2) is 0 Å². The van der Waals surface area contributed by atoms with E-state index in [2.05, 4.69) is 6.92 Å². The zero-order valence-electron chi connectivity index (χ0n) is 6.32. The predicted octanol–water partition coefficient (Wildman–Crippen LogP) is 3.41. The van der Waals surface area contributed by atoms with Crippen molar-refractivity contribution in [3.05, 3.63) is 0 Å². The molecule has 0 aromatic rings. The summed E-state index contributed by atoms with van der Waals surface area (Å²) in [6, 6.07) is 0. The molecule has 0 nitrogen and oxygen atoms in total. The van der Waals surface area contributed by atoms with Gasteiger partial charge >= 0.3 is 0 Å². The lowest BCUT2D eigenvalue weighted by Crippen LogP contribution is -2.11. The maximum atomic E-state index is 6.08. The van der Waals surface area contributed by atoms with Crippen LogP contribution in [0.5, 0.6) is 0 Å². The first-order valence-corrected chi connectivity index (χ1v) is 4.85. The zero-order chi connectivity index (χ0) is 7.56. The first kappa shape index (κ1) is 8.67. The second kappa shape index (κ2) is 3.82. The van der Waals surface area contributed by atoms with Gasteiger partial charge in [0.2, 0.25) is 0 Å². The molecule has 1 aliphatic rings. The first-order chi connectivity index (χ1) is 4.70. The minimum Gasteiger partial charge on any atom is -0.123 e. The number of halogens is 2. The summed E-state index contributed by atoms with van der Waals surface area (Å²) in [5.41, 5.74) is 0. The fourth-order valence-corrected chi connectivity index (χ4v) is 2.18. The fraction of sp³-hybridized carbons (Fsp3) is 1.00. The lowest BCUT2D eigenvalue weighted by molar-refractivity contribution is 0.515. The minimum atomic E-state index is 0.365. The SMILES string of the molecule is CC1CC(Cl)CCCC1Cl. The Morgan fingerprint density at radius 3 is 2.60 bits per heavy atom. The summed E-state index contributed by atoms with van der Waals surface area (Å²) in [7, 11) is 0. The molecule has 10 heavy (non-hydrogen) atoms. The van der Waals surface area contributed by atoms with Crippen LogP contribution in [-0.2, 0) is 0 Å². The van der Waals surface area contributed by atoms with Crippen molar-refractivity contribution in [3.8, 4) is 0 Å². The molecule has 0 aromatic heterocycles. The van der Waals surface area contributed by atoms with E-state index in [1.807, 2.05) is 0 Å². The molecule has 2 heteroatoms. The van der Waals surface area contributed by atoms with Crippen molar-refractivity contribution in [2.75, 3.05) is 0 Å². The second-order valence-electron chi connectivity index (χ2n) is 3.26. The molecule has 0 saturated heterocycles. The van der Waals surface area contributed by atoms with E-state index >= 15 is 0 Å². The molecule has 0 N–H and O–H groups in total. The lowest BCUT2D eigenvalue weighted by atomic mass is 10.0. The Morgan fingerprint density at radius 2 is 1.90 bits per heavy atom. The van der Waals surface area contributed by atoms with Crippen LogP contribution < -0.4 is 0 Å². The molecular formula is C8H14Cl2. The Balaban J connectivity index is 2.41. The van der Waals surface area contributed by atoms with Gasteiger partial charge in [0.05, 0.1) is 0 Å². The lowest BCUT2D eigenvalue weighted by Gasteiger charge is -2.14. The van der Waals surface area contributed by atoms with E-state index in [1.54, 1.807) is 0 Å². The second-order valence-corrected chi connectivity index (χ2v) is 4.43. The van der Waals surface area contributed by atoms with Crippen LogP contribution in [-0.4, -0.2) is 10.8 Å². The smallest absolute Gasteiger partial charge is 0.0362 e. The van der Waals surface area contributed by atoms with E-state index in [-0.39, 0.29) is 0 Å². The highest BCUT2D eigenvalue weighted by molar-refractivity contribution is 6.22. The third-order valence-corrected chi connectivity index (χ3v) is 3.29. The molecule has 3 unspecified atom stereocenters. The van der Waals surface area contributed by atoms with Gasteiger partial charge in [0.25, 0.3) is 0 Å². The van der Waals surface area contributed by atoms with E-state index in [0.29, 0.717) is 16.7 Å². The third-order valence-electron chi connectivity index (χ3n) is 2.24. The van der Waals surface area contributed by atoms with Crippen molar-refractivity contribution in [1.29, 1.82) is 0 Å². The van der Waals surface area contributed by atoms with Gasteiger partial charge in [0.1, 0.15) is 0 Å². The molecule has 0 radical (unpaired) electrons. The molecule has 0 heterocycles. The van der Waals surface area contributed by atoms with Crippen LogP contribution in [0.2, 0.25) is 0 Å².